The van der Waals surface area contributed by atoms with Gasteiger partial charge in [-0.3, -0.25) is 0 Å². The van der Waals surface area contributed by atoms with Crippen molar-refractivity contribution in [3.05, 3.63) is 54.0 Å². The van der Waals surface area contributed by atoms with Crippen molar-refractivity contribution in [2.75, 3.05) is 0 Å². The van der Waals surface area contributed by atoms with Gasteiger partial charge in [-0.05, 0) is 31.0 Å². The van der Waals surface area contributed by atoms with E-state index in [-0.39, 0.29) is 11.8 Å². The molecule has 1 saturated carbocycles. The van der Waals surface area contributed by atoms with Crippen LogP contribution in [0.25, 0.3) is 0 Å². The summed E-state index contributed by atoms with van der Waals surface area (Å²) in [5.41, 5.74) is 0.718. The number of nitrogens with one attached hydrogen (secondary N) is 1. The van der Waals surface area contributed by atoms with Crippen LogP contribution in [-0.2, 0) is 13.1 Å². The van der Waals surface area contributed by atoms with Crippen LogP contribution in [0, 0.1) is 0 Å². The van der Waals surface area contributed by atoms with Gasteiger partial charge < -0.3 is 19.7 Å². The third-order valence-corrected chi connectivity index (χ3v) is 3.47. The Hall–Kier alpha value is -2.43. The van der Waals surface area contributed by atoms with Crippen molar-refractivity contribution in [2.45, 2.75) is 32.0 Å². The van der Waals surface area contributed by atoms with E-state index >= 15 is 0 Å². The van der Waals surface area contributed by atoms with E-state index in [1.54, 1.807) is 29.4 Å². The molecule has 2 amide bonds. The van der Waals surface area contributed by atoms with Crippen molar-refractivity contribution in [1.82, 2.24) is 10.2 Å². The molecule has 3 rings (SSSR count). The lowest BCUT2D eigenvalue weighted by Crippen LogP contribution is -2.40. The third kappa shape index (κ3) is 3.56. The predicted molar refractivity (Wildman–Crippen MR) is 77.6 cm³/mol. The number of carbonyl (C=O) groups excluding carboxylic acids is 1. The van der Waals surface area contributed by atoms with Crippen LogP contribution in [-0.4, -0.2) is 22.1 Å². The van der Waals surface area contributed by atoms with Crippen LogP contribution in [0.5, 0.6) is 5.75 Å². The minimum absolute atomic E-state index is 0.128. The Labute approximate surface area is 123 Å². The molecule has 21 heavy (non-hydrogen) atoms. The van der Waals surface area contributed by atoms with Crippen molar-refractivity contribution in [3.8, 4) is 5.75 Å². The van der Waals surface area contributed by atoms with Crippen LogP contribution < -0.4 is 5.32 Å². The number of amides is 2. The van der Waals surface area contributed by atoms with Crippen LogP contribution in [0.3, 0.4) is 0 Å². The number of carbonyl (C=O) groups is 1. The summed E-state index contributed by atoms with van der Waals surface area (Å²) in [6.45, 7) is 0.714. The van der Waals surface area contributed by atoms with Gasteiger partial charge >= 0.3 is 6.03 Å². The van der Waals surface area contributed by atoms with Gasteiger partial charge in [0.15, 0.2) is 0 Å². The number of nitrogens with zero attached hydrogens (tertiary/aromatic N) is 1. The highest BCUT2D eigenvalue weighted by Crippen LogP contribution is 2.22. The van der Waals surface area contributed by atoms with Gasteiger partial charge in [-0.25, -0.2) is 4.79 Å². The highest BCUT2D eigenvalue weighted by atomic mass is 16.3. The molecule has 0 aliphatic heterocycles. The molecule has 1 heterocycles. The van der Waals surface area contributed by atoms with Crippen molar-refractivity contribution in [3.63, 3.8) is 0 Å². The Balaban J connectivity index is 1.74. The summed E-state index contributed by atoms with van der Waals surface area (Å²) in [5.74, 6) is 0.914. The molecule has 0 bridgehead atoms. The molecule has 1 aliphatic carbocycles. The zero-order valence-electron chi connectivity index (χ0n) is 11.7. The number of benzene rings is 1. The number of rotatable bonds is 5. The number of furan rings is 1. The lowest BCUT2D eigenvalue weighted by molar-refractivity contribution is 0.186. The number of para-hydroxylation sites is 1. The van der Waals surface area contributed by atoms with Crippen LogP contribution in [0.15, 0.2) is 47.1 Å². The summed E-state index contributed by atoms with van der Waals surface area (Å²) < 4.78 is 5.32. The topological polar surface area (TPSA) is 65.7 Å². The summed E-state index contributed by atoms with van der Waals surface area (Å²) in [7, 11) is 0. The van der Waals surface area contributed by atoms with E-state index in [1.807, 2.05) is 18.2 Å². The molecule has 0 radical (unpaired) electrons. The summed E-state index contributed by atoms with van der Waals surface area (Å²) >= 11 is 0. The summed E-state index contributed by atoms with van der Waals surface area (Å²) in [5, 5.41) is 12.8. The summed E-state index contributed by atoms with van der Waals surface area (Å²) in [4.78, 5) is 14.0. The van der Waals surface area contributed by atoms with Crippen molar-refractivity contribution in [1.29, 1.82) is 0 Å². The standard InChI is InChI=1S/C16H18N2O3/c19-15-6-2-1-4-12(15)10-18(11-14-5-3-9-21-14)16(20)17-13-7-8-13/h1-6,9,13,19H,7-8,10-11H2,(H,17,20). The minimum atomic E-state index is -0.128. The van der Waals surface area contributed by atoms with E-state index in [0.717, 1.165) is 24.2 Å². The molecule has 1 aromatic carbocycles. The molecule has 5 heteroatoms. The maximum absolute atomic E-state index is 12.3. The third-order valence-electron chi connectivity index (χ3n) is 3.47. The van der Waals surface area contributed by atoms with Crippen LogP contribution in [0.1, 0.15) is 24.2 Å². The molecule has 1 fully saturated rings. The molecule has 0 atom stereocenters. The largest absolute Gasteiger partial charge is 0.508 e. The fourth-order valence-corrected chi connectivity index (χ4v) is 2.13. The molecule has 1 aliphatic rings. The van der Waals surface area contributed by atoms with Crippen LogP contribution >= 0.6 is 0 Å². The predicted octanol–water partition coefficient (Wildman–Crippen LogP) is 2.86. The van der Waals surface area contributed by atoms with Crippen molar-refractivity contribution < 1.29 is 14.3 Å². The first kappa shape index (κ1) is 13.5. The van der Waals surface area contributed by atoms with E-state index in [9.17, 15) is 9.90 Å². The molecule has 2 N–H and O–H groups in total. The molecule has 110 valence electrons. The monoisotopic (exact) mass is 286 g/mol. The number of hydrogen-bond donors (Lipinski definition) is 2. The van der Waals surface area contributed by atoms with Gasteiger partial charge in [0, 0.05) is 11.6 Å². The van der Waals surface area contributed by atoms with Crippen molar-refractivity contribution >= 4 is 6.03 Å². The highest BCUT2D eigenvalue weighted by Gasteiger charge is 2.26. The van der Waals surface area contributed by atoms with Gasteiger partial charge in [0.05, 0.1) is 19.4 Å². The number of phenols is 1. The molecular formula is C16H18N2O3. The summed E-state index contributed by atoms with van der Waals surface area (Å²) in [6, 6.07) is 10.8. The quantitative estimate of drug-likeness (QED) is 0.888. The summed E-state index contributed by atoms with van der Waals surface area (Å²) in [6.07, 6.45) is 3.67. The van der Waals surface area contributed by atoms with E-state index in [2.05, 4.69) is 5.32 Å². The maximum Gasteiger partial charge on any atom is 0.318 e. The Morgan fingerprint density at radius 1 is 1.24 bits per heavy atom. The Morgan fingerprint density at radius 3 is 2.71 bits per heavy atom. The fourth-order valence-electron chi connectivity index (χ4n) is 2.13. The van der Waals surface area contributed by atoms with Crippen LogP contribution in [0.2, 0.25) is 0 Å². The second kappa shape index (κ2) is 5.91. The zero-order valence-corrected chi connectivity index (χ0v) is 11.7. The van der Waals surface area contributed by atoms with E-state index < -0.39 is 0 Å². The Bertz CT molecular complexity index is 606. The molecule has 0 spiro atoms. The van der Waals surface area contributed by atoms with Gasteiger partial charge in [-0.15, -0.1) is 0 Å². The van der Waals surface area contributed by atoms with E-state index in [4.69, 9.17) is 4.42 Å². The number of aromatic hydroxyl groups is 1. The van der Waals surface area contributed by atoms with Crippen LogP contribution in [0.4, 0.5) is 4.79 Å². The van der Waals surface area contributed by atoms with Gasteiger partial charge in [-0.1, -0.05) is 18.2 Å². The second-order valence-electron chi connectivity index (χ2n) is 5.29. The molecular weight excluding hydrogens is 268 g/mol. The number of urea groups is 1. The normalized spacial score (nSPS) is 13.9. The number of phenolic OH excluding ortho intramolecular Hbond substituents is 1. The van der Waals surface area contributed by atoms with Gasteiger partial charge in [0.2, 0.25) is 0 Å². The minimum Gasteiger partial charge on any atom is -0.508 e. The van der Waals surface area contributed by atoms with Gasteiger partial charge in [0.25, 0.3) is 0 Å². The van der Waals surface area contributed by atoms with Crippen molar-refractivity contribution in [2.24, 2.45) is 0 Å². The Kier molecular flexibility index (Phi) is 3.81. The maximum atomic E-state index is 12.3. The molecule has 0 saturated heterocycles. The van der Waals surface area contributed by atoms with E-state index in [0.29, 0.717) is 19.1 Å². The molecule has 1 aromatic heterocycles. The fraction of sp³-hybridized carbons (Fsp3) is 0.312. The molecule has 5 nitrogen and oxygen atoms in total. The molecule has 2 aromatic rings. The average molecular weight is 286 g/mol. The van der Waals surface area contributed by atoms with E-state index in [1.165, 1.54) is 0 Å². The SMILES string of the molecule is O=C(NC1CC1)N(Cc1ccco1)Cc1ccccc1O. The first-order chi connectivity index (χ1) is 10.2. The molecule has 0 unspecified atom stereocenters. The lowest BCUT2D eigenvalue weighted by atomic mass is 10.2. The van der Waals surface area contributed by atoms with Gasteiger partial charge in [0.1, 0.15) is 11.5 Å². The average Bonchev–Trinajstić information content (AvgIpc) is 3.13. The number of hydrogen-bond acceptors (Lipinski definition) is 3. The Morgan fingerprint density at radius 2 is 2.05 bits per heavy atom. The highest BCUT2D eigenvalue weighted by molar-refractivity contribution is 5.75. The smallest absolute Gasteiger partial charge is 0.318 e. The zero-order chi connectivity index (χ0) is 14.7. The second-order valence-corrected chi connectivity index (χ2v) is 5.29. The van der Waals surface area contributed by atoms with Gasteiger partial charge in [-0.2, -0.15) is 0 Å². The first-order valence-electron chi connectivity index (χ1n) is 7.07. The lowest BCUT2D eigenvalue weighted by Gasteiger charge is -2.22. The first-order valence-corrected chi connectivity index (χ1v) is 7.07.